The maximum Gasteiger partial charge on any atom is 0.332 e. The van der Waals surface area contributed by atoms with Gasteiger partial charge in [0.25, 0.3) is 5.91 Å². The van der Waals surface area contributed by atoms with Crippen LogP contribution in [-0.4, -0.2) is 39.2 Å². The maximum absolute atomic E-state index is 11.9. The van der Waals surface area contributed by atoms with Crippen LogP contribution in [-0.2, 0) is 14.3 Å². The van der Waals surface area contributed by atoms with Crippen LogP contribution in [0.3, 0.4) is 0 Å². The predicted molar refractivity (Wildman–Crippen MR) is 65.9 cm³/mol. The summed E-state index contributed by atoms with van der Waals surface area (Å²) in [5.41, 5.74) is 0.617. The second kappa shape index (κ2) is 5.50. The summed E-state index contributed by atoms with van der Waals surface area (Å²) in [6.45, 7) is 1.72. The van der Waals surface area contributed by atoms with E-state index in [1.807, 2.05) is 0 Å². The molecule has 7 nitrogen and oxygen atoms in total. The Labute approximate surface area is 114 Å². The van der Waals surface area contributed by atoms with E-state index in [0.717, 1.165) is 0 Å². The molecule has 0 unspecified atom stereocenters. The Hall–Kier alpha value is -1.73. The van der Waals surface area contributed by atoms with Gasteiger partial charge in [-0.15, -0.1) is 0 Å². The molecule has 2 N–H and O–H groups in total. The van der Waals surface area contributed by atoms with Crippen LogP contribution in [0.2, 0.25) is 5.15 Å². The number of aromatic nitrogens is 2. The van der Waals surface area contributed by atoms with E-state index < -0.39 is 24.1 Å². The molecule has 2 heterocycles. The van der Waals surface area contributed by atoms with Crippen molar-refractivity contribution in [3.05, 3.63) is 16.9 Å². The van der Waals surface area contributed by atoms with Crippen molar-refractivity contribution >= 4 is 29.4 Å². The first-order chi connectivity index (χ1) is 8.95. The number of ether oxygens (including phenoxy) is 1. The third kappa shape index (κ3) is 3.39. The molecule has 0 aromatic carbocycles. The Balaban J connectivity index is 2.00. The second-order valence-electron chi connectivity index (χ2n) is 4.17. The number of anilines is 1. The average Bonchev–Trinajstić information content (AvgIpc) is 2.76. The minimum atomic E-state index is -1.06. The lowest BCUT2D eigenvalue weighted by atomic mass is 10.2. The number of hydrogen-bond donors (Lipinski definition) is 2. The molecule has 1 saturated heterocycles. The van der Waals surface area contributed by atoms with Gasteiger partial charge in [0.05, 0.1) is 0 Å². The number of halogens is 1. The summed E-state index contributed by atoms with van der Waals surface area (Å²) in [5, 5.41) is 11.5. The minimum Gasteiger partial charge on any atom is -0.479 e. The van der Waals surface area contributed by atoms with Crippen LogP contribution in [0.4, 0.5) is 5.95 Å². The van der Waals surface area contributed by atoms with Gasteiger partial charge in [0.1, 0.15) is 11.3 Å². The van der Waals surface area contributed by atoms with Gasteiger partial charge >= 0.3 is 5.97 Å². The molecular weight excluding hydrogens is 274 g/mol. The number of aryl methyl sites for hydroxylation is 1. The third-order valence-electron chi connectivity index (χ3n) is 2.65. The number of hydrogen-bond acceptors (Lipinski definition) is 5. The Kier molecular flexibility index (Phi) is 3.96. The van der Waals surface area contributed by atoms with Crippen LogP contribution in [0.1, 0.15) is 18.5 Å². The van der Waals surface area contributed by atoms with Crippen LogP contribution in [0, 0.1) is 6.92 Å². The first kappa shape index (κ1) is 13.7. The number of carbonyl (C=O) groups excluding carboxylic acids is 1. The Morgan fingerprint density at radius 1 is 1.42 bits per heavy atom. The molecule has 2 atom stereocenters. The molecule has 0 saturated carbocycles. The maximum atomic E-state index is 11.9. The summed E-state index contributed by atoms with van der Waals surface area (Å²) in [7, 11) is 0. The average molecular weight is 286 g/mol. The number of carboxylic acids is 1. The first-order valence-electron chi connectivity index (χ1n) is 5.66. The molecule has 1 amide bonds. The summed E-state index contributed by atoms with van der Waals surface area (Å²) in [6, 6.07) is 1.56. The monoisotopic (exact) mass is 285 g/mol. The number of aliphatic carboxylic acids is 1. The largest absolute Gasteiger partial charge is 0.479 e. The van der Waals surface area contributed by atoms with Gasteiger partial charge < -0.3 is 9.84 Å². The fourth-order valence-corrected chi connectivity index (χ4v) is 2.03. The topological polar surface area (TPSA) is 101 Å². The molecule has 0 radical (unpaired) electrons. The molecule has 19 heavy (non-hydrogen) atoms. The van der Waals surface area contributed by atoms with Gasteiger partial charge in [-0.25, -0.2) is 14.8 Å². The minimum absolute atomic E-state index is 0.0809. The van der Waals surface area contributed by atoms with Gasteiger partial charge in [-0.1, -0.05) is 11.6 Å². The van der Waals surface area contributed by atoms with Gasteiger partial charge in [0.15, 0.2) is 6.10 Å². The van der Waals surface area contributed by atoms with Crippen LogP contribution in [0.15, 0.2) is 6.07 Å². The standard InChI is InChI=1S/C11H12ClN3O4/c1-5-4-8(12)14-11(13-5)15-9(16)6-2-3-7(19-6)10(17)18/h4,6-7H,2-3H2,1H3,(H,17,18)(H,13,14,15,16)/t6-,7+/m0/s1. The fourth-order valence-electron chi connectivity index (χ4n) is 1.79. The van der Waals surface area contributed by atoms with Crippen molar-refractivity contribution in [1.29, 1.82) is 0 Å². The van der Waals surface area contributed by atoms with Crippen molar-refractivity contribution < 1.29 is 19.4 Å². The van der Waals surface area contributed by atoms with Crippen molar-refractivity contribution in [2.45, 2.75) is 32.0 Å². The van der Waals surface area contributed by atoms with E-state index in [-0.39, 0.29) is 11.1 Å². The van der Waals surface area contributed by atoms with Crippen LogP contribution < -0.4 is 5.32 Å². The number of amides is 1. The van der Waals surface area contributed by atoms with E-state index in [0.29, 0.717) is 18.5 Å². The summed E-state index contributed by atoms with van der Waals surface area (Å²) in [4.78, 5) is 30.4. The molecule has 1 fully saturated rings. The molecule has 0 bridgehead atoms. The lowest BCUT2D eigenvalue weighted by molar-refractivity contribution is -0.150. The highest BCUT2D eigenvalue weighted by Crippen LogP contribution is 2.21. The van der Waals surface area contributed by atoms with E-state index in [1.165, 1.54) is 0 Å². The smallest absolute Gasteiger partial charge is 0.332 e. The summed E-state index contributed by atoms with van der Waals surface area (Å²) in [5.74, 6) is -1.45. The number of nitrogens with zero attached hydrogens (tertiary/aromatic N) is 2. The molecule has 1 aliphatic rings. The quantitative estimate of drug-likeness (QED) is 0.804. The van der Waals surface area contributed by atoms with E-state index in [2.05, 4.69) is 15.3 Å². The zero-order valence-electron chi connectivity index (χ0n) is 10.1. The van der Waals surface area contributed by atoms with Gasteiger partial charge in [-0.2, -0.15) is 0 Å². The summed E-state index contributed by atoms with van der Waals surface area (Å²) in [6.07, 6.45) is -1.08. The zero-order chi connectivity index (χ0) is 14.0. The Bertz CT molecular complexity index is 502. The predicted octanol–water partition coefficient (Wildman–Crippen LogP) is 1.01. The molecule has 102 valence electrons. The Morgan fingerprint density at radius 2 is 2.11 bits per heavy atom. The van der Waals surface area contributed by atoms with E-state index in [1.54, 1.807) is 13.0 Å². The molecule has 1 aliphatic heterocycles. The van der Waals surface area contributed by atoms with Crippen molar-refractivity contribution in [2.24, 2.45) is 0 Å². The van der Waals surface area contributed by atoms with E-state index >= 15 is 0 Å². The van der Waals surface area contributed by atoms with E-state index in [9.17, 15) is 9.59 Å². The first-order valence-corrected chi connectivity index (χ1v) is 6.04. The molecule has 0 spiro atoms. The lowest BCUT2D eigenvalue weighted by Gasteiger charge is -2.11. The number of rotatable bonds is 3. The third-order valence-corrected chi connectivity index (χ3v) is 2.84. The highest BCUT2D eigenvalue weighted by Gasteiger charge is 2.34. The summed E-state index contributed by atoms with van der Waals surface area (Å²) >= 11 is 5.75. The van der Waals surface area contributed by atoms with Gasteiger partial charge in [-0.3, -0.25) is 10.1 Å². The van der Waals surface area contributed by atoms with E-state index in [4.69, 9.17) is 21.4 Å². The number of nitrogens with one attached hydrogen (secondary N) is 1. The van der Waals surface area contributed by atoms with Crippen LogP contribution in [0.25, 0.3) is 0 Å². The lowest BCUT2D eigenvalue weighted by Crippen LogP contribution is -2.30. The van der Waals surface area contributed by atoms with Crippen molar-refractivity contribution in [3.63, 3.8) is 0 Å². The van der Waals surface area contributed by atoms with Crippen LogP contribution >= 0.6 is 11.6 Å². The second-order valence-corrected chi connectivity index (χ2v) is 4.56. The molecule has 0 aliphatic carbocycles. The number of carboxylic acid groups (broad SMARTS) is 1. The molecule has 1 aromatic rings. The molecule has 1 aromatic heterocycles. The van der Waals surface area contributed by atoms with Gasteiger partial charge in [0.2, 0.25) is 5.95 Å². The number of carbonyl (C=O) groups is 2. The SMILES string of the molecule is Cc1cc(Cl)nc(NC(=O)[C@@H]2CC[C@H](C(=O)O)O2)n1. The van der Waals surface area contributed by atoms with Gasteiger partial charge in [0, 0.05) is 5.69 Å². The van der Waals surface area contributed by atoms with Crippen molar-refractivity contribution in [1.82, 2.24) is 9.97 Å². The molecule has 8 heteroatoms. The van der Waals surface area contributed by atoms with Gasteiger partial charge in [-0.05, 0) is 25.8 Å². The van der Waals surface area contributed by atoms with Crippen molar-refractivity contribution in [3.8, 4) is 0 Å². The normalized spacial score (nSPS) is 22.2. The summed E-state index contributed by atoms with van der Waals surface area (Å²) < 4.78 is 5.12. The van der Waals surface area contributed by atoms with Crippen LogP contribution in [0.5, 0.6) is 0 Å². The fraction of sp³-hybridized carbons (Fsp3) is 0.455. The molecule has 2 rings (SSSR count). The van der Waals surface area contributed by atoms with Crippen molar-refractivity contribution in [2.75, 3.05) is 5.32 Å². The zero-order valence-corrected chi connectivity index (χ0v) is 10.8. The Morgan fingerprint density at radius 3 is 2.68 bits per heavy atom. The highest BCUT2D eigenvalue weighted by molar-refractivity contribution is 6.29. The highest BCUT2D eigenvalue weighted by atomic mass is 35.5. The molecular formula is C11H12ClN3O4.